The number of rotatable bonds is 0. The highest BCUT2D eigenvalue weighted by atomic mass is 16.6. The van der Waals surface area contributed by atoms with E-state index in [-0.39, 0.29) is 0 Å². The molecule has 3 rings (SSSR count). The molecule has 0 amide bonds. The third-order valence-corrected chi connectivity index (χ3v) is 3.00. The number of benzene rings is 1. The Labute approximate surface area is 72.4 Å². The molecule has 2 aliphatic rings. The van der Waals surface area contributed by atoms with Crippen LogP contribution in [0.5, 0.6) is 0 Å². The van der Waals surface area contributed by atoms with Gasteiger partial charge in [-0.3, -0.25) is 0 Å². The fraction of sp³-hybridized carbons (Fsp3) is 0.455. The Kier molecular flexibility index (Phi) is 1.17. The van der Waals surface area contributed by atoms with Crippen molar-refractivity contribution in [3.63, 3.8) is 0 Å². The second-order valence-electron chi connectivity index (χ2n) is 3.86. The van der Waals surface area contributed by atoms with Crippen LogP contribution in [0.4, 0.5) is 0 Å². The lowest BCUT2D eigenvalue weighted by molar-refractivity contribution is 0.367. The summed E-state index contributed by atoms with van der Waals surface area (Å²) in [5.41, 5.74) is 2.93. The van der Waals surface area contributed by atoms with Crippen LogP contribution in [0.25, 0.3) is 0 Å². The molecule has 3 atom stereocenters. The maximum absolute atomic E-state index is 5.57. The minimum atomic E-state index is 0.442. The smallest absolute Gasteiger partial charge is 0.109 e. The molecule has 1 fully saturated rings. The topological polar surface area (TPSA) is 12.5 Å². The summed E-state index contributed by atoms with van der Waals surface area (Å²) in [5.74, 6) is 0.685. The Morgan fingerprint density at radius 1 is 1.25 bits per heavy atom. The summed E-state index contributed by atoms with van der Waals surface area (Å²) in [4.78, 5) is 0. The van der Waals surface area contributed by atoms with Crippen molar-refractivity contribution in [3.8, 4) is 0 Å². The lowest BCUT2D eigenvalue weighted by atomic mass is 9.84. The summed E-state index contributed by atoms with van der Waals surface area (Å²) < 4.78 is 5.57. The van der Waals surface area contributed by atoms with Crippen molar-refractivity contribution in [2.45, 2.75) is 31.5 Å². The van der Waals surface area contributed by atoms with Gasteiger partial charge in [-0.05, 0) is 23.5 Å². The molecule has 1 aliphatic carbocycles. The molecule has 1 aliphatic heterocycles. The Balaban J connectivity index is 2.15. The molecule has 0 unspecified atom stereocenters. The molecule has 1 aromatic rings. The van der Waals surface area contributed by atoms with Crippen molar-refractivity contribution < 1.29 is 4.74 Å². The molecule has 1 heteroatoms. The minimum Gasteiger partial charge on any atom is -0.364 e. The molecule has 0 spiro atoms. The summed E-state index contributed by atoms with van der Waals surface area (Å²) in [6.07, 6.45) is 2.19. The van der Waals surface area contributed by atoms with E-state index in [1.54, 1.807) is 0 Å². The predicted octanol–water partition coefficient (Wildman–Crippen LogP) is 2.63. The Hall–Kier alpha value is -0.820. The van der Waals surface area contributed by atoms with Crippen molar-refractivity contribution in [2.75, 3.05) is 0 Å². The van der Waals surface area contributed by atoms with Crippen LogP contribution in [0.15, 0.2) is 24.3 Å². The summed E-state index contributed by atoms with van der Waals surface area (Å²) in [6.45, 7) is 2.29. The van der Waals surface area contributed by atoms with Gasteiger partial charge in [0.2, 0.25) is 0 Å². The normalized spacial score (nSPS) is 36.9. The minimum absolute atomic E-state index is 0.442. The fourth-order valence-corrected chi connectivity index (χ4v) is 2.29. The van der Waals surface area contributed by atoms with E-state index >= 15 is 0 Å². The SMILES string of the molecule is C[C@@H]1C[C@H]2O[C@H]2c2ccccc21. The average Bonchev–Trinajstić information content (AvgIpc) is 2.84. The van der Waals surface area contributed by atoms with Crippen LogP contribution in [0.3, 0.4) is 0 Å². The molecule has 1 aromatic carbocycles. The Morgan fingerprint density at radius 2 is 2.00 bits per heavy atom. The van der Waals surface area contributed by atoms with Crippen molar-refractivity contribution in [1.82, 2.24) is 0 Å². The molecule has 0 bridgehead atoms. The highest BCUT2D eigenvalue weighted by Gasteiger charge is 2.45. The predicted molar refractivity (Wildman–Crippen MR) is 47.1 cm³/mol. The van der Waals surface area contributed by atoms with E-state index < -0.39 is 0 Å². The van der Waals surface area contributed by atoms with Crippen molar-refractivity contribution in [2.24, 2.45) is 0 Å². The summed E-state index contributed by atoms with van der Waals surface area (Å²) in [5, 5.41) is 0. The van der Waals surface area contributed by atoms with E-state index in [2.05, 4.69) is 31.2 Å². The molecular weight excluding hydrogens is 148 g/mol. The average molecular weight is 160 g/mol. The van der Waals surface area contributed by atoms with Crippen LogP contribution in [-0.4, -0.2) is 6.10 Å². The Morgan fingerprint density at radius 3 is 2.83 bits per heavy atom. The van der Waals surface area contributed by atoms with Crippen LogP contribution in [-0.2, 0) is 4.74 Å². The van der Waals surface area contributed by atoms with Gasteiger partial charge in [0.15, 0.2) is 0 Å². The van der Waals surface area contributed by atoms with Crippen LogP contribution in [0, 0.1) is 0 Å². The van der Waals surface area contributed by atoms with Gasteiger partial charge in [-0.15, -0.1) is 0 Å². The highest BCUT2D eigenvalue weighted by molar-refractivity contribution is 5.37. The van der Waals surface area contributed by atoms with E-state index in [4.69, 9.17) is 4.74 Å². The molecule has 0 saturated carbocycles. The summed E-state index contributed by atoms with van der Waals surface area (Å²) >= 11 is 0. The molecule has 1 nitrogen and oxygen atoms in total. The standard InChI is InChI=1S/C11H12O/c1-7-6-10-11(12-10)9-5-3-2-4-8(7)9/h2-5,7,10-11H,6H2,1H3/t7-,10-,11+/m1/s1. The third-order valence-electron chi connectivity index (χ3n) is 3.00. The van der Waals surface area contributed by atoms with Crippen LogP contribution < -0.4 is 0 Å². The van der Waals surface area contributed by atoms with Crippen molar-refractivity contribution in [1.29, 1.82) is 0 Å². The van der Waals surface area contributed by atoms with Gasteiger partial charge < -0.3 is 4.74 Å². The third kappa shape index (κ3) is 0.774. The first-order chi connectivity index (χ1) is 5.86. The molecule has 0 N–H and O–H groups in total. The lowest BCUT2D eigenvalue weighted by Crippen LogP contribution is -2.08. The van der Waals surface area contributed by atoms with Crippen LogP contribution >= 0.6 is 0 Å². The van der Waals surface area contributed by atoms with E-state index in [0.717, 1.165) is 0 Å². The first kappa shape index (κ1) is 6.67. The maximum Gasteiger partial charge on any atom is 0.109 e. The first-order valence-electron chi connectivity index (χ1n) is 4.60. The van der Waals surface area contributed by atoms with Crippen molar-refractivity contribution >= 4 is 0 Å². The summed E-state index contributed by atoms with van der Waals surface area (Å²) in [7, 11) is 0. The van der Waals surface area contributed by atoms with Gasteiger partial charge in [-0.2, -0.15) is 0 Å². The molecule has 0 aromatic heterocycles. The molecule has 62 valence electrons. The van der Waals surface area contributed by atoms with Gasteiger partial charge in [-0.1, -0.05) is 31.2 Å². The van der Waals surface area contributed by atoms with Crippen LogP contribution in [0.2, 0.25) is 0 Å². The van der Waals surface area contributed by atoms with Gasteiger partial charge in [0.05, 0.1) is 6.10 Å². The Bertz CT molecular complexity index is 304. The van der Waals surface area contributed by atoms with Gasteiger partial charge in [0.25, 0.3) is 0 Å². The molecule has 1 saturated heterocycles. The van der Waals surface area contributed by atoms with Crippen LogP contribution in [0.1, 0.15) is 36.5 Å². The molecule has 1 heterocycles. The van der Waals surface area contributed by atoms with E-state index in [0.29, 0.717) is 18.1 Å². The maximum atomic E-state index is 5.57. The zero-order valence-corrected chi connectivity index (χ0v) is 7.16. The van der Waals surface area contributed by atoms with E-state index in [1.165, 1.54) is 17.5 Å². The second-order valence-corrected chi connectivity index (χ2v) is 3.86. The quantitative estimate of drug-likeness (QED) is 0.531. The lowest BCUT2D eigenvalue weighted by Gasteiger charge is -2.18. The number of hydrogen-bond donors (Lipinski definition) is 0. The number of fused-ring (bicyclic) bond motifs is 3. The van der Waals surface area contributed by atoms with Gasteiger partial charge in [-0.25, -0.2) is 0 Å². The fourth-order valence-electron chi connectivity index (χ4n) is 2.29. The zero-order valence-electron chi connectivity index (χ0n) is 7.16. The molecule has 0 radical (unpaired) electrons. The van der Waals surface area contributed by atoms with Crippen molar-refractivity contribution in [3.05, 3.63) is 35.4 Å². The monoisotopic (exact) mass is 160 g/mol. The largest absolute Gasteiger partial charge is 0.364 e. The summed E-state index contributed by atoms with van der Waals surface area (Å²) in [6, 6.07) is 8.67. The van der Waals surface area contributed by atoms with Gasteiger partial charge in [0.1, 0.15) is 6.10 Å². The molecular formula is C11H12O. The van der Waals surface area contributed by atoms with E-state index in [1.807, 2.05) is 0 Å². The number of ether oxygens (including phenoxy) is 1. The second kappa shape index (κ2) is 2.11. The number of epoxide rings is 1. The van der Waals surface area contributed by atoms with Gasteiger partial charge >= 0.3 is 0 Å². The van der Waals surface area contributed by atoms with Gasteiger partial charge in [0, 0.05) is 0 Å². The van der Waals surface area contributed by atoms with E-state index in [9.17, 15) is 0 Å². The zero-order chi connectivity index (χ0) is 8.13. The molecule has 12 heavy (non-hydrogen) atoms. The number of hydrogen-bond acceptors (Lipinski definition) is 1. The first-order valence-corrected chi connectivity index (χ1v) is 4.60. The highest BCUT2D eigenvalue weighted by Crippen LogP contribution is 2.50.